The standard InChI is InChI=1S/C24H21N5OS3/c1-3-29-22(17-13-31-15(2)21(17)16-9-5-4-6-10-16)27-28-24(29)32-14-20(30)26-23-25-18-11-7-8-12-19(18)33-23/h4-13H,3,14H2,1-2H3,(H,25,26,30). The summed E-state index contributed by atoms with van der Waals surface area (Å²) in [6.07, 6.45) is 0. The number of para-hydroxylation sites is 1. The van der Waals surface area contributed by atoms with Crippen molar-refractivity contribution in [2.75, 3.05) is 11.1 Å². The molecular formula is C24H21N5OS3. The lowest BCUT2D eigenvalue weighted by Gasteiger charge is -2.09. The molecule has 9 heteroatoms. The molecule has 2 aromatic carbocycles. The highest BCUT2D eigenvalue weighted by atomic mass is 32.2. The minimum absolute atomic E-state index is 0.109. The molecule has 3 heterocycles. The third-order valence-electron chi connectivity index (χ3n) is 5.18. The smallest absolute Gasteiger partial charge is 0.236 e. The second-order valence-electron chi connectivity index (χ2n) is 7.32. The lowest BCUT2D eigenvalue weighted by molar-refractivity contribution is -0.113. The molecule has 5 aromatic rings. The van der Waals surface area contributed by atoms with Gasteiger partial charge in [0.05, 0.1) is 16.0 Å². The van der Waals surface area contributed by atoms with Gasteiger partial charge in [0.1, 0.15) is 0 Å². The zero-order valence-corrected chi connectivity index (χ0v) is 20.6. The Labute approximate surface area is 203 Å². The molecule has 0 saturated heterocycles. The number of thiazole rings is 1. The van der Waals surface area contributed by atoms with Crippen LogP contribution in [0.15, 0.2) is 65.1 Å². The number of hydrogen-bond acceptors (Lipinski definition) is 7. The van der Waals surface area contributed by atoms with Crippen molar-refractivity contribution in [3.63, 3.8) is 0 Å². The Bertz CT molecular complexity index is 1390. The highest BCUT2D eigenvalue weighted by molar-refractivity contribution is 7.99. The number of fused-ring (bicyclic) bond motifs is 1. The third-order valence-corrected chi connectivity index (χ3v) is 8.01. The summed E-state index contributed by atoms with van der Waals surface area (Å²) >= 11 is 4.57. The van der Waals surface area contributed by atoms with Crippen LogP contribution < -0.4 is 5.32 Å². The minimum atomic E-state index is -0.109. The number of nitrogens with one attached hydrogen (secondary N) is 1. The van der Waals surface area contributed by atoms with Crippen molar-refractivity contribution in [3.8, 4) is 22.5 Å². The van der Waals surface area contributed by atoms with Crippen LogP contribution in [0.1, 0.15) is 11.8 Å². The molecule has 3 aromatic heterocycles. The van der Waals surface area contributed by atoms with Gasteiger partial charge in [-0.15, -0.1) is 21.5 Å². The Balaban J connectivity index is 1.34. The van der Waals surface area contributed by atoms with Crippen molar-refractivity contribution in [2.24, 2.45) is 0 Å². The fraction of sp³-hybridized carbons (Fsp3) is 0.167. The second kappa shape index (κ2) is 9.46. The molecule has 0 atom stereocenters. The molecule has 0 fully saturated rings. The SMILES string of the molecule is CCn1c(SCC(=O)Nc2nc3ccccc3s2)nnc1-c1csc(C)c1-c1ccccc1. The number of anilines is 1. The van der Waals surface area contributed by atoms with Gasteiger partial charge in [-0.3, -0.25) is 4.79 Å². The predicted molar refractivity (Wildman–Crippen MR) is 138 cm³/mol. The molecule has 0 aliphatic heterocycles. The summed E-state index contributed by atoms with van der Waals surface area (Å²) in [5.41, 5.74) is 4.32. The molecule has 0 spiro atoms. The van der Waals surface area contributed by atoms with Crippen LogP contribution >= 0.6 is 34.4 Å². The number of nitrogens with zero attached hydrogens (tertiary/aromatic N) is 4. The van der Waals surface area contributed by atoms with E-state index in [1.807, 2.05) is 42.5 Å². The van der Waals surface area contributed by atoms with E-state index >= 15 is 0 Å². The lowest BCUT2D eigenvalue weighted by Crippen LogP contribution is -2.14. The first-order valence-corrected chi connectivity index (χ1v) is 13.2. The molecule has 0 bridgehead atoms. The van der Waals surface area contributed by atoms with Crippen LogP contribution in [-0.4, -0.2) is 31.4 Å². The summed E-state index contributed by atoms with van der Waals surface area (Å²) in [5.74, 6) is 0.958. The van der Waals surface area contributed by atoms with Gasteiger partial charge in [0.25, 0.3) is 0 Å². The normalized spacial score (nSPS) is 11.2. The van der Waals surface area contributed by atoms with E-state index in [9.17, 15) is 4.79 Å². The van der Waals surface area contributed by atoms with E-state index in [-0.39, 0.29) is 11.7 Å². The zero-order valence-electron chi connectivity index (χ0n) is 18.1. The predicted octanol–water partition coefficient (Wildman–Crippen LogP) is 6.34. The first-order chi connectivity index (χ1) is 16.1. The number of carbonyl (C=O) groups excluding carboxylic acids is 1. The highest BCUT2D eigenvalue weighted by Gasteiger charge is 2.20. The van der Waals surface area contributed by atoms with Gasteiger partial charge in [-0.05, 0) is 31.5 Å². The van der Waals surface area contributed by atoms with E-state index in [0.717, 1.165) is 26.8 Å². The zero-order chi connectivity index (χ0) is 22.8. The number of amides is 1. The molecule has 0 unspecified atom stereocenters. The summed E-state index contributed by atoms with van der Waals surface area (Å²) in [7, 11) is 0. The molecule has 1 N–H and O–H groups in total. The first-order valence-electron chi connectivity index (χ1n) is 10.5. The second-order valence-corrected chi connectivity index (χ2v) is 10.4. The Hall–Kier alpha value is -3.01. The number of rotatable bonds is 7. The van der Waals surface area contributed by atoms with Gasteiger partial charge in [-0.2, -0.15) is 0 Å². The number of aryl methyl sites for hydroxylation is 1. The van der Waals surface area contributed by atoms with Crippen LogP contribution in [0.25, 0.3) is 32.7 Å². The topological polar surface area (TPSA) is 72.7 Å². The van der Waals surface area contributed by atoms with Crippen molar-refractivity contribution in [1.82, 2.24) is 19.7 Å². The maximum absolute atomic E-state index is 12.6. The molecule has 166 valence electrons. The first kappa shape index (κ1) is 21.8. The van der Waals surface area contributed by atoms with E-state index in [2.05, 4.69) is 56.4 Å². The Morgan fingerprint density at radius 1 is 1.09 bits per heavy atom. The maximum Gasteiger partial charge on any atom is 0.236 e. The molecule has 6 nitrogen and oxygen atoms in total. The number of aromatic nitrogens is 4. The molecule has 0 aliphatic carbocycles. The van der Waals surface area contributed by atoms with Crippen LogP contribution in [0.5, 0.6) is 0 Å². The Morgan fingerprint density at radius 2 is 1.88 bits per heavy atom. The fourth-order valence-corrected chi connectivity index (χ4v) is 6.22. The van der Waals surface area contributed by atoms with E-state index in [4.69, 9.17) is 0 Å². The monoisotopic (exact) mass is 491 g/mol. The summed E-state index contributed by atoms with van der Waals surface area (Å²) in [6, 6.07) is 18.2. The van der Waals surface area contributed by atoms with E-state index < -0.39 is 0 Å². The van der Waals surface area contributed by atoms with Gasteiger partial charge in [0.15, 0.2) is 16.1 Å². The molecular weight excluding hydrogens is 470 g/mol. The van der Waals surface area contributed by atoms with Crippen LogP contribution in [0.4, 0.5) is 5.13 Å². The quantitative estimate of drug-likeness (QED) is 0.269. The summed E-state index contributed by atoms with van der Waals surface area (Å²) < 4.78 is 3.12. The maximum atomic E-state index is 12.6. The van der Waals surface area contributed by atoms with Crippen molar-refractivity contribution in [1.29, 1.82) is 0 Å². The fourth-order valence-electron chi connectivity index (χ4n) is 3.67. The van der Waals surface area contributed by atoms with Crippen molar-refractivity contribution in [3.05, 3.63) is 64.9 Å². The Kier molecular flexibility index (Phi) is 6.26. The van der Waals surface area contributed by atoms with Gasteiger partial charge in [0, 0.05) is 27.9 Å². The molecule has 0 aliphatic rings. The van der Waals surface area contributed by atoms with E-state index in [1.54, 1.807) is 11.3 Å². The molecule has 1 amide bonds. The van der Waals surface area contributed by atoms with Crippen molar-refractivity contribution in [2.45, 2.75) is 25.5 Å². The summed E-state index contributed by atoms with van der Waals surface area (Å²) in [4.78, 5) is 18.3. The average Bonchev–Trinajstić information content (AvgIpc) is 3.53. The number of thioether (sulfide) groups is 1. The molecule has 33 heavy (non-hydrogen) atoms. The summed E-state index contributed by atoms with van der Waals surface area (Å²) in [6.45, 7) is 4.91. The Morgan fingerprint density at radius 3 is 2.67 bits per heavy atom. The average molecular weight is 492 g/mol. The van der Waals surface area contributed by atoms with E-state index in [0.29, 0.717) is 11.7 Å². The highest BCUT2D eigenvalue weighted by Crippen LogP contribution is 2.39. The molecule has 0 saturated carbocycles. The third kappa shape index (κ3) is 4.44. The van der Waals surface area contributed by atoms with Crippen LogP contribution in [0, 0.1) is 6.92 Å². The number of benzene rings is 2. The van der Waals surface area contributed by atoms with Crippen molar-refractivity contribution >= 4 is 55.7 Å². The van der Waals surface area contributed by atoms with Gasteiger partial charge in [-0.25, -0.2) is 4.98 Å². The largest absolute Gasteiger partial charge is 0.302 e. The van der Waals surface area contributed by atoms with E-state index in [1.165, 1.54) is 39.1 Å². The van der Waals surface area contributed by atoms with Gasteiger partial charge >= 0.3 is 0 Å². The number of carbonyl (C=O) groups is 1. The van der Waals surface area contributed by atoms with Crippen LogP contribution in [-0.2, 0) is 11.3 Å². The lowest BCUT2D eigenvalue weighted by atomic mass is 10.0. The van der Waals surface area contributed by atoms with Gasteiger partial charge in [-0.1, -0.05) is 65.6 Å². The van der Waals surface area contributed by atoms with Crippen LogP contribution in [0.2, 0.25) is 0 Å². The van der Waals surface area contributed by atoms with Crippen LogP contribution in [0.3, 0.4) is 0 Å². The molecule has 0 radical (unpaired) electrons. The molecule has 5 rings (SSSR count). The number of thiophene rings is 1. The van der Waals surface area contributed by atoms with Crippen molar-refractivity contribution < 1.29 is 4.79 Å². The van der Waals surface area contributed by atoms with Gasteiger partial charge in [0.2, 0.25) is 5.91 Å². The summed E-state index contributed by atoms with van der Waals surface area (Å²) in [5, 5.41) is 15.3. The van der Waals surface area contributed by atoms with Gasteiger partial charge < -0.3 is 9.88 Å². The number of hydrogen-bond donors (Lipinski definition) is 1. The minimum Gasteiger partial charge on any atom is -0.302 e.